The zero-order chi connectivity index (χ0) is 16.4. The highest BCUT2D eigenvalue weighted by molar-refractivity contribution is 7.08. The van der Waals surface area contributed by atoms with Gasteiger partial charge in [-0.1, -0.05) is 19.3 Å². The molecule has 0 radical (unpaired) electrons. The summed E-state index contributed by atoms with van der Waals surface area (Å²) in [6.45, 7) is 0. The molecular weight excluding hydrogens is 318 g/mol. The van der Waals surface area contributed by atoms with Crippen LogP contribution in [0.1, 0.15) is 38.1 Å². The third kappa shape index (κ3) is 2.96. The van der Waals surface area contributed by atoms with Crippen molar-refractivity contribution in [3.63, 3.8) is 0 Å². The summed E-state index contributed by atoms with van der Waals surface area (Å²) in [7, 11) is 1.69. The Balaban J connectivity index is 1.77. The Bertz CT molecular complexity index is 787. The monoisotopic (exact) mass is 339 g/mol. The molecule has 3 aromatic rings. The molecule has 1 saturated carbocycles. The van der Waals surface area contributed by atoms with Gasteiger partial charge in [0.25, 0.3) is 0 Å². The van der Waals surface area contributed by atoms with E-state index in [-0.39, 0.29) is 0 Å². The van der Waals surface area contributed by atoms with Gasteiger partial charge in [0.05, 0.1) is 13.2 Å². The molecule has 1 aliphatic rings. The second-order valence-corrected chi connectivity index (χ2v) is 7.02. The van der Waals surface area contributed by atoms with Gasteiger partial charge in [0.1, 0.15) is 5.75 Å². The minimum absolute atomic E-state index is 0.454. The van der Waals surface area contributed by atoms with Crippen molar-refractivity contribution in [2.24, 2.45) is 0 Å². The molecule has 4 rings (SSSR count). The van der Waals surface area contributed by atoms with Gasteiger partial charge in [-0.3, -0.25) is 0 Å². The average Bonchev–Trinajstić information content (AvgIpc) is 3.32. The Morgan fingerprint density at radius 1 is 1.04 bits per heavy atom. The summed E-state index contributed by atoms with van der Waals surface area (Å²) in [5.41, 5.74) is 2.19. The van der Waals surface area contributed by atoms with Gasteiger partial charge in [-0.05, 0) is 48.6 Å². The molecule has 2 heterocycles. The largest absolute Gasteiger partial charge is 0.497 e. The van der Waals surface area contributed by atoms with E-state index in [0.717, 1.165) is 28.5 Å². The number of hydrogen-bond acceptors (Lipinski definition) is 4. The van der Waals surface area contributed by atoms with Crippen LogP contribution in [0.15, 0.2) is 41.1 Å². The molecule has 0 bridgehead atoms. The lowest BCUT2D eigenvalue weighted by atomic mass is 9.95. The molecule has 0 atom stereocenters. The zero-order valence-electron chi connectivity index (χ0n) is 13.8. The van der Waals surface area contributed by atoms with E-state index in [1.165, 1.54) is 32.1 Å². The molecule has 0 saturated heterocycles. The van der Waals surface area contributed by atoms with Gasteiger partial charge in [-0.15, -0.1) is 0 Å². The summed E-state index contributed by atoms with van der Waals surface area (Å²) in [6.07, 6.45) is 6.27. The first-order valence-electron chi connectivity index (χ1n) is 8.48. The summed E-state index contributed by atoms with van der Waals surface area (Å²) >= 11 is 1.68. The van der Waals surface area contributed by atoms with E-state index in [1.54, 1.807) is 18.4 Å². The lowest BCUT2D eigenvalue weighted by Crippen LogP contribution is -2.15. The molecule has 0 unspecified atom stereocenters. The predicted molar refractivity (Wildman–Crippen MR) is 97.4 cm³/mol. The predicted octanol–water partition coefficient (Wildman–Crippen LogP) is 5.19. The molecule has 2 aromatic heterocycles. The normalized spacial score (nSPS) is 15.5. The van der Waals surface area contributed by atoms with Gasteiger partial charge in [-0.2, -0.15) is 16.4 Å². The lowest BCUT2D eigenvalue weighted by molar-refractivity contribution is 0.332. The first-order valence-corrected chi connectivity index (χ1v) is 9.43. The van der Waals surface area contributed by atoms with Crippen molar-refractivity contribution >= 4 is 11.3 Å². The van der Waals surface area contributed by atoms with Crippen LogP contribution >= 0.6 is 11.3 Å². The first kappa shape index (κ1) is 15.4. The standard InChI is InChI=1S/C19H21N3OS/c1-23-17-9-7-14(8-10-17)19-20-18(15-11-12-24-13-15)21-22(19)16-5-3-2-4-6-16/h7-13,16H,2-6H2,1H3. The smallest absolute Gasteiger partial charge is 0.182 e. The molecular formula is C19H21N3OS. The Kier molecular flexibility index (Phi) is 4.34. The maximum absolute atomic E-state index is 5.27. The Hall–Kier alpha value is -2.14. The zero-order valence-corrected chi connectivity index (χ0v) is 14.6. The van der Waals surface area contributed by atoms with Crippen LogP contribution in [0.3, 0.4) is 0 Å². The third-order valence-corrected chi connectivity index (χ3v) is 5.36. The molecule has 0 amide bonds. The SMILES string of the molecule is COc1ccc(-c2nc(-c3ccsc3)nn2C2CCCCC2)cc1. The van der Waals surface area contributed by atoms with Crippen LogP contribution in [0.4, 0.5) is 0 Å². The van der Waals surface area contributed by atoms with E-state index in [9.17, 15) is 0 Å². The van der Waals surface area contributed by atoms with E-state index in [1.807, 2.05) is 12.1 Å². The van der Waals surface area contributed by atoms with Crippen LogP contribution < -0.4 is 4.74 Å². The number of ether oxygens (including phenoxy) is 1. The Labute approximate surface area is 146 Å². The molecule has 1 aromatic carbocycles. The molecule has 0 spiro atoms. The van der Waals surface area contributed by atoms with Crippen molar-refractivity contribution in [1.29, 1.82) is 0 Å². The van der Waals surface area contributed by atoms with E-state index >= 15 is 0 Å². The molecule has 4 nitrogen and oxygen atoms in total. The van der Waals surface area contributed by atoms with E-state index in [2.05, 4.69) is 33.6 Å². The molecule has 1 fully saturated rings. The minimum atomic E-state index is 0.454. The van der Waals surface area contributed by atoms with Crippen molar-refractivity contribution in [2.45, 2.75) is 38.1 Å². The highest BCUT2D eigenvalue weighted by Crippen LogP contribution is 2.33. The van der Waals surface area contributed by atoms with Crippen molar-refractivity contribution in [3.05, 3.63) is 41.1 Å². The topological polar surface area (TPSA) is 39.9 Å². The van der Waals surface area contributed by atoms with Crippen LogP contribution in [0.25, 0.3) is 22.8 Å². The second-order valence-electron chi connectivity index (χ2n) is 6.24. The van der Waals surface area contributed by atoms with Crippen LogP contribution in [0.5, 0.6) is 5.75 Å². The first-order chi connectivity index (χ1) is 11.8. The second kappa shape index (κ2) is 6.77. The van der Waals surface area contributed by atoms with Gasteiger partial charge in [-0.25, -0.2) is 9.67 Å². The Morgan fingerprint density at radius 3 is 2.50 bits per heavy atom. The maximum Gasteiger partial charge on any atom is 0.182 e. The minimum Gasteiger partial charge on any atom is -0.497 e. The molecule has 0 N–H and O–H groups in total. The summed E-state index contributed by atoms with van der Waals surface area (Å²) in [5.74, 6) is 2.65. The van der Waals surface area contributed by atoms with Gasteiger partial charge in [0.15, 0.2) is 11.6 Å². The van der Waals surface area contributed by atoms with E-state index in [4.69, 9.17) is 14.8 Å². The van der Waals surface area contributed by atoms with Gasteiger partial charge in [0, 0.05) is 16.5 Å². The summed E-state index contributed by atoms with van der Waals surface area (Å²) in [4.78, 5) is 4.87. The number of benzene rings is 1. The molecule has 5 heteroatoms. The summed E-state index contributed by atoms with van der Waals surface area (Å²) in [5, 5.41) is 9.06. The van der Waals surface area contributed by atoms with E-state index < -0.39 is 0 Å². The number of nitrogens with zero attached hydrogens (tertiary/aromatic N) is 3. The fraction of sp³-hybridized carbons (Fsp3) is 0.368. The van der Waals surface area contributed by atoms with Crippen molar-refractivity contribution in [1.82, 2.24) is 14.8 Å². The van der Waals surface area contributed by atoms with E-state index in [0.29, 0.717) is 6.04 Å². The maximum atomic E-state index is 5.27. The summed E-state index contributed by atoms with van der Waals surface area (Å²) in [6, 6.07) is 10.6. The molecule has 24 heavy (non-hydrogen) atoms. The fourth-order valence-corrected chi connectivity index (χ4v) is 3.99. The van der Waals surface area contributed by atoms with Crippen LogP contribution in [-0.4, -0.2) is 21.9 Å². The van der Waals surface area contributed by atoms with Gasteiger partial charge >= 0.3 is 0 Å². The van der Waals surface area contributed by atoms with Crippen molar-refractivity contribution in [2.75, 3.05) is 7.11 Å². The molecule has 0 aliphatic heterocycles. The summed E-state index contributed by atoms with van der Waals surface area (Å²) < 4.78 is 7.43. The number of aromatic nitrogens is 3. The molecule has 1 aliphatic carbocycles. The van der Waals surface area contributed by atoms with Crippen LogP contribution in [0, 0.1) is 0 Å². The van der Waals surface area contributed by atoms with Gasteiger partial charge in [0.2, 0.25) is 0 Å². The number of methoxy groups -OCH3 is 1. The average molecular weight is 339 g/mol. The van der Waals surface area contributed by atoms with Gasteiger partial charge < -0.3 is 4.74 Å². The number of rotatable bonds is 4. The Morgan fingerprint density at radius 2 is 1.83 bits per heavy atom. The fourth-order valence-electron chi connectivity index (χ4n) is 3.35. The van der Waals surface area contributed by atoms with Crippen LogP contribution in [0.2, 0.25) is 0 Å². The highest BCUT2D eigenvalue weighted by atomic mass is 32.1. The highest BCUT2D eigenvalue weighted by Gasteiger charge is 2.22. The van der Waals surface area contributed by atoms with Crippen LogP contribution in [-0.2, 0) is 0 Å². The number of hydrogen-bond donors (Lipinski definition) is 0. The quantitative estimate of drug-likeness (QED) is 0.657. The third-order valence-electron chi connectivity index (χ3n) is 4.68. The lowest BCUT2D eigenvalue weighted by Gasteiger charge is -2.23. The molecule has 124 valence electrons. The number of thiophene rings is 1. The van der Waals surface area contributed by atoms with Crippen molar-refractivity contribution < 1.29 is 4.74 Å². The van der Waals surface area contributed by atoms with Crippen molar-refractivity contribution in [3.8, 4) is 28.5 Å².